The molecule has 1 heterocycles. The maximum absolute atomic E-state index is 13.2. The van der Waals surface area contributed by atoms with E-state index >= 15 is 0 Å². The number of nitrogens with one attached hydrogen (secondary N) is 1. The summed E-state index contributed by atoms with van der Waals surface area (Å²) < 4.78 is 14.2. The number of halogens is 3. The lowest BCUT2D eigenvalue weighted by Crippen LogP contribution is -2.17. The van der Waals surface area contributed by atoms with Gasteiger partial charge in [-0.15, -0.1) is 0 Å². The van der Waals surface area contributed by atoms with Crippen LogP contribution in [0.25, 0.3) is 11.4 Å². The average molecular weight is 437 g/mol. The van der Waals surface area contributed by atoms with Gasteiger partial charge in [0.1, 0.15) is 11.6 Å². The summed E-state index contributed by atoms with van der Waals surface area (Å²) in [5, 5.41) is 0. The second-order valence-corrected chi connectivity index (χ2v) is 6.33. The quantitative estimate of drug-likeness (QED) is 0.721. The third-order valence-corrected chi connectivity index (χ3v) is 4.28. The molecule has 0 spiro atoms. The standard InChI is InChI=1S/C13H11BrFIN2O/c1-6(2)11-10(16)13(19)18-12(17-11)7-3-4-9(15)8(14)5-7/h3-6H,1-2H3,(H,17,18,19). The van der Waals surface area contributed by atoms with Crippen molar-refractivity contribution in [3.8, 4) is 11.4 Å². The fourth-order valence-electron chi connectivity index (χ4n) is 1.64. The third-order valence-electron chi connectivity index (χ3n) is 2.63. The SMILES string of the molecule is CC(C)c1nc(-c2ccc(F)c(Br)c2)[nH]c(=O)c1I. The van der Waals surface area contributed by atoms with E-state index in [0.717, 1.165) is 5.69 Å². The number of rotatable bonds is 2. The lowest BCUT2D eigenvalue weighted by molar-refractivity contribution is 0.621. The molecule has 0 amide bonds. The van der Waals surface area contributed by atoms with Crippen molar-refractivity contribution in [1.29, 1.82) is 0 Å². The molecule has 6 heteroatoms. The molecule has 1 aromatic heterocycles. The minimum Gasteiger partial charge on any atom is -0.306 e. The zero-order chi connectivity index (χ0) is 14.2. The number of nitrogens with zero attached hydrogens (tertiary/aromatic N) is 1. The Hall–Kier alpha value is -0.760. The number of H-pyrrole nitrogens is 1. The highest BCUT2D eigenvalue weighted by molar-refractivity contribution is 14.1. The fourth-order valence-corrected chi connectivity index (χ4v) is 2.90. The Balaban J connectivity index is 2.63. The molecule has 0 saturated heterocycles. The molecule has 3 nitrogen and oxygen atoms in total. The largest absolute Gasteiger partial charge is 0.306 e. The van der Waals surface area contributed by atoms with Gasteiger partial charge in [-0.1, -0.05) is 13.8 Å². The summed E-state index contributed by atoms with van der Waals surface area (Å²) in [7, 11) is 0. The Labute approximate surface area is 131 Å². The first-order valence-electron chi connectivity index (χ1n) is 5.65. The molecule has 0 atom stereocenters. The highest BCUT2D eigenvalue weighted by atomic mass is 127. The normalized spacial score (nSPS) is 11.1. The summed E-state index contributed by atoms with van der Waals surface area (Å²) in [6, 6.07) is 4.53. The van der Waals surface area contributed by atoms with Crippen molar-refractivity contribution >= 4 is 38.5 Å². The van der Waals surface area contributed by atoms with Gasteiger partial charge >= 0.3 is 0 Å². The molecule has 0 aliphatic carbocycles. The van der Waals surface area contributed by atoms with E-state index in [9.17, 15) is 9.18 Å². The first kappa shape index (κ1) is 14.6. The monoisotopic (exact) mass is 436 g/mol. The van der Waals surface area contributed by atoms with E-state index in [0.29, 0.717) is 19.4 Å². The topological polar surface area (TPSA) is 45.8 Å². The minimum atomic E-state index is -0.347. The van der Waals surface area contributed by atoms with Crippen LogP contribution in [-0.2, 0) is 0 Å². The van der Waals surface area contributed by atoms with Crippen LogP contribution in [-0.4, -0.2) is 9.97 Å². The van der Waals surface area contributed by atoms with Gasteiger partial charge in [-0.2, -0.15) is 0 Å². The summed E-state index contributed by atoms with van der Waals surface area (Å²) in [6.45, 7) is 3.96. The summed E-state index contributed by atoms with van der Waals surface area (Å²) in [6.07, 6.45) is 0. The van der Waals surface area contributed by atoms with Crippen LogP contribution in [0, 0.1) is 9.39 Å². The number of aromatic amines is 1. The van der Waals surface area contributed by atoms with Gasteiger partial charge in [-0.25, -0.2) is 9.37 Å². The molecule has 0 aliphatic heterocycles. The molecule has 2 rings (SSSR count). The van der Waals surface area contributed by atoms with E-state index in [1.165, 1.54) is 6.07 Å². The fraction of sp³-hybridized carbons (Fsp3) is 0.231. The first-order chi connectivity index (χ1) is 8.90. The van der Waals surface area contributed by atoms with Gasteiger partial charge in [0.05, 0.1) is 13.7 Å². The Morgan fingerprint density at radius 2 is 2.11 bits per heavy atom. The van der Waals surface area contributed by atoms with Crippen LogP contribution >= 0.6 is 38.5 Å². The maximum Gasteiger partial charge on any atom is 0.264 e. The van der Waals surface area contributed by atoms with Crippen molar-refractivity contribution in [3.05, 3.63) is 48.1 Å². The van der Waals surface area contributed by atoms with Crippen molar-refractivity contribution in [2.75, 3.05) is 0 Å². The number of aromatic nitrogens is 2. The molecule has 0 unspecified atom stereocenters. The summed E-state index contributed by atoms with van der Waals surface area (Å²) >= 11 is 5.12. The third kappa shape index (κ3) is 3.05. The number of hydrogen-bond acceptors (Lipinski definition) is 2. The van der Waals surface area contributed by atoms with Crippen LogP contribution in [0.1, 0.15) is 25.5 Å². The van der Waals surface area contributed by atoms with Gasteiger partial charge in [0.25, 0.3) is 5.56 Å². The smallest absolute Gasteiger partial charge is 0.264 e. The van der Waals surface area contributed by atoms with Crippen molar-refractivity contribution in [3.63, 3.8) is 0 Å². The van der Waals surface area contributed by atoms with E-state index in [-0.39, 0.29) is 17.3 Å². The van der Waals surface area contributed by atoms with Gasteiger partial charge in [0.15, 0.2) is 0 Å². The highest BCUT2D eigenvalue weighted by Gasteiger charge is 2.13. The van der Waals surface area contributed by atoms with Crippen LogP contribution in [0.2, 0.25) is 0 Å². The van der Waals surface area contributed by atoms with Gasteiger partial charge in [0.2, 0.25) is 0 Å². The van der Waals surface area contributed by atoms with E-state index in [2.05, 4.69) is 25.9 Å². The second kappa shape index (κ2) is 5.70. The summed E-state index contributed by atoms with van der Waals surface area (Å²) in [5.74, 6) is 0.257. The van der Waals surface area contributed by atoms with Gasteiger partial charge in [0, 0.05) is 5.56 Å². The predicted molar refractivity (Wildman–Crippen MR) is 84.8 cm³/mol. The molecular formula is C13H11BrFIN2O. The number of hydrogen-bond donors (Lipinski definition) is 1. The van der Waals surface area contributed by atoms with Crippen LogP contribution in [0.4, 0.5) is 4.39 Å². The molecule has 1 aromatic carbocycles. The van der Waals surface area contributed by atoms with E-state index in [4.69, 9.17) is 0 Å². The van der Waals surface area contributed by atoms with E-state index in [1.807, 2.05) is 36.4 Å². The van der Waals surface area contributed by atoms with E-state index in [1.54, 1.807) is 12.1 Å². The Kier molecular flexibility index (Phi) is 4.39. The van der Waals surface area contributed by atoms with Crippen molar-refractivity contribution < 1.29 is 4.39 Å². The molecule has 0 saturated carbocycles. The molecule has 100 valence electrons. The highest BCUT2D eigenvalue weighted by Crippen LogP contribution is 2.24. The van der Waals surface area contributed by atoms with Gasteiger partial charge < -0.3 is 4.98 Å². The lowest BCUT2D eigenvalue weighted by atomic mass is 10.1. The number of benzene rings is 1. The van der Waals surface area contributed by atoms with Crippen LogP contribution in [0.5, 0.6) is 0 Å². The van der Waals surface area contributed by atoms with Crippen molar-refractivity contribution in [2.45, 2.75) is 19.8 Å². The molecule has 0 aliphatic rings. The maximum atomic E-state index is 13.2. The zero-order valence-electron chi connectivity index (χ0n) is 10.3. The predicted octanol–water partition coefficient (Wildman–Crippen LogP) is 4.07. The molecule has 19 heavy (non-hydrogen) atoms. The lowest BCUT2D eigenvalue weighted by Gasteiger charge is -2.09. The minimum absolute atomic E-state index is 0.150. The molecule has 0 fully saturated rings. The second-order valence-electron chi connectivity index (χ2n) is 4.40. The average Bonchev–Trinajstić information content (AvgIpc) is 2.35. The van der Waals surface area contributed by atoms with Crippen molar-refractivity contribution in [1.82, 2.24) is 9.97 Å². The molecule has 0 bridgehead atoms. The Morgan fingerprint density at radius 1 is 1.42 bits per heavy atom. The van der Waals surface area contributed by atoms with Gasteiger partial charge in [-0.05, 0) is 62.6 Å². The van der Waals surface area contributed by atoms with Crippen LogP contribution in [0.3, 0.4) is 0 Å². The molecule has 1 N–H and O–H groups in total. The Morgan fingerprint density at radius 3 is 2.68 bits per heavy atom. The molecular weight excluding hydrogens is 426 g/mol. The summed E-state index contributed by atoms with van der Waals surface area (Å²) in [4.78, 5) is 19.1. The van der Waals surface area contributed by atoms with Gasteiger partial charge in [-0.3, -0.25) is 4.79 Å². The van der Waals surface area contributed by atoms with Crippen molar-refractivity contribution in [2.24, 2.45) is 0 Å². The van der Waals surface area contributed by atoms with Crippen LogP contribution in [0.15, 0.2) is 27.5 Å². The zero-order valence-corrected chi connectivity index (χ0v) is 14.0. The van der Waals surface area contributed by atoms with E-state index < -0.39 is 0 Å². The molecule has 0 radical (unpaired) electrons. The van der Waals surface area contributed by atoms with Crippen LogP contribution < -0.4 is 5.56 Å². The Bertz CT molecular complexity index is 685. The first-order valence-corrected chi connectivity index (χ1v) is 7.52. The molecule has 2 aromatic rings. The summed E-state index contributed by atoms with van der Waals surface area (Å²) in [5.41, 5.74) is 1.25.